The summed E-state index contributed by atoms with van der Waals surface area (Å²) in [6.07, 6.45) is 1.44. The number of para-hydroxylation sites is 1. The van der Waals surface area contributed by atoms with Crippen LogP contribution in [-0.4, -0.2) is 85.0 Å². The lowest BCUT2D eigenvalue weighted by Gasteiger charge is -2.34. The highest BCUT2D eigenvalue weighted by molar-refractivity contribution is 6.06. The van der Waals surface area contributed by atoms with Crippen LogP contribution in [0.3, 0.4) is 0 Å². The molecule has 0 saturated carbocycles. The van der Waals surface area contributed by atoms with Gasteiger partial charge >= 0.3 is 0 Å². The number of carbonyl (C=O) groups excluding carboxylic acids is 2. The van der Waals surface area contributed by atoms with Crippen molar-refractivity contribution in [2.75, 3.05) is 69.0 Å². The maximum absolute atomic E-state index is 13.7. The van der Waals surface area contributed by atoms with Gasteiger partial charge in [-0.05, 0) is 88.3 Å². The molecule has 11 nitrogen and oxygen atoms in total. The highest BCUT2D eigenvalue weighted by atomic mass is 16.5. The van der Waals surface area contributed by atoms with E-state index in [1.54, 1.807) is 23.1 Å². The highest BCUT2D eigenvalue weighted by Crippen LogP contribution is 2.34. The standard InChI is InChI=1S/C36H43N7O4/c1-7-42(8-2)35(45)26-12-17-30(31(22-26)46-6)47-34-29(33(44)39-32-24(3)10-9-11-25(32)4)23-37-36(40-34)38-27-13-15-28(16-14-27)43-20-18-41(5)19-21-43/h9-17,22-23H,7-8,18-21H2,1-6H3,(H,39,44)(H,37,38,40). The number of nitrogens with one attached hydrogen (secondary N) is 2. The predicted octanol–water partition coefficient (Wildman–Crippen LogP) is 6.12. The van der Waals surface area contributed by atoms with Crippen molar-refractivity contribution in [3.63, 3.8) is 0 Å². The highest BCUT2D eigenvalue weighted by Gasteiger charge is 2.22. The van der Waals surface area contributed by atoms with Crippen LogP contribution in [0.5, 0.6) is 17.4 Å². The van der Waals surface area contributed by atoms with Crippen molar-refractivity contribution < 1.29 is 19.1 Å². The topological polar surface area (TPSA) is 112 Å². The molecule has 2 heterocycles. The zero-order valence-electron chi connectivity index (χ0n) is 28.0. The first-order chi connectivity index (χ1) is 22.7. The van der Waals surface area contributed by atoms with Crippen LogP contribution in [0.4, 0.5) is 23.0 Å². The third-order valence-electron chi connectivity index (χ3n) is 8.38. The van der Waals surface area contributed by atoms with E-state index in [1.807, 2.05) is 58.0 Å². The van der Waals surface area contributed by atoms with Crippen molar-refractivity contribution in [1.29, 1.82) is 0 Å². The van der Waals surface area contributed by atoms with Gasteiger partial charge in [0.2, 0.25) is 11.8 Å². The first-order valence-electron chi connectivity index (χ1n) is 15.9. The van der Waals surface area contributed by atoms with E-state index in [0.29, 0.717) is 35.8 Å². The summed E-state index contributed by atoms with van der Waals surface area (Å²) in [6.45, 7) is 12.9. The summed E-state index contributed by atoms with van der Waals surface area (Å²) < 4.78 is 11.9. The minimum absolute atomic E-state index is 0.0291. The van der Waals surface area contributed by atoms with E-state index < -0.39 is 5.91 Å². The molecule has 47 heavy (non-hydrogen) atoms. The van der Waals surface area contributed by atoms with E-state index >= 15 is 0 Å². The van der Waals surface area contributed by atoms with Crippen LogP contribution in [0.2, 0.25) is 0 Å². The first-order valence-corrected chi connectivity index (χ1v) is 15.9. The number of hydrogen-bond acceptors (Lipinski definition) is 9. The Morgan fingerprint density at radius 1 is 0.915 bits per heavy atom. The Labute approximate surface area is 276 Å². The van der Waals surface area contributed by atoms with Crippen molar-refractivity contribution in [2.45, 2.75) is 27.7 Å². The minimum atomic E-state index is -0.423. The quantitative estimate of drug-likeness (QED) is 0.201. The Hall–Kier alpha value is -5.16. The molecular weight excluding hydrogens is 594 g/mol. The number of methoxy groups -OCH3 is 1. The van der Waals surface area contributed by atoms with E-state index in [9.17, 15) is 9.59 Å². The maximum atomic E-state index is 13.7. The summed E-state index contributed by atoms with van der Waals surface area (Å²) in [5, 5.41) is 6.24. The Morgan fingerprint density at radius 3 is 2.23 bits per heavy atom. The molecule has 3 aromatic carbocycles. The molecule has 246 valence electrons. The summed E-state index contributed by atoms with van der Waals surface area (Å²) in [5.74, 6) is 0.376. The number of rotatable bonds is 11. The molecule has 1 aliphatic heterocycles. The summed E-state index contributed by atoms with van der Waals surface area (Å²) in [7, 11) is 3.64. The summed E-state index contributed by atoms with van der Waals surface area (Å²) >= 11 is 0. The Morgan fingerprint density at radius 2 is 1.60 bits per heavy atom. The molecule has 2 N–H and O–H groups in total. The molecule has 1 aromatic heterocycles. The monoisotopic (exact) mass is 637 g/mol. The lowest BCUT2D eigenvalue weighted by Crippen LogP contribution is -2.44. The van der Waals surface area contributed by atoms with Gasteiger partial charge in [-0.2, -0.15) is 4.98 Å². The molecule has 0 spiro atoms. The van der Waals surface area contributed by atoms with Crippen LogP contribution in [0.25, 0.3) is 0 Å². The lowest BCUT2D eigenvalue weighted by molar-refractivity contribution is 0.0772. The molecule has 5 rings (SSSR count). The Kier molecular flexibility index (Phi) is 10.6. The van der Waals surface area contributed by atoms with E-state index in [4.69, 9.17) is 9.47 Å². The molecule has 0 aliphatic carbocycles. The normalized spacial score (nSPS) is 13.2. The van der Waals surface area contributed by atoms with Crippen molar-refractivity contribution >= 4 is 34.8 Å². The van der Waals surface area contributed by atoms with Crippen LogP contribution in [0.1, 0.15) is 45.7 Å². The van der Waals surface area contributed by atoms with E-state index in [2.05, 4.69) is 49.6 Å². The molecule has 4 aromatic rings. The van der Waals surface area contributed by atoms with Gasteiger partial charge in [-0.1, -0.05) is 18.2 Å². The van der Waals surface area contributed by atoms with Gasteiger partial charge in [-0.15, -0.1) is 0 Å². The second kappa shape index (κ2) is 15.0. The number of piperazine rings is 1. The smallest absolute Gasteiger partial charge is 0.262 e. The van der Waals surface area contributed by atoms with Gasteiger partial charge < -0.3 is 34.8 Å². The number of ether oxygens (including phenoxy) is 2. The number of aromatic nitrogens is 2. The zero-order chi connectivity index (χ0) is 33.5. The largest absolute Gasteiger partial charge is 0.493 e. The number of amides is 2. The lowest BCUT2D eigenvalue weighted by atomic mass is 10.1. The minimum Gasteiger partial charge on any atom is -0.493 e. The van der Waals surface area contributed by atoms with E-state index in [0.717, 1.165) is 48.7 Å². The van der Waals surface area contributed by atoms with Crippen molar-refractivity contribution in [1.82, 2.24) is 19.8 Å². The second-order valence-electron chi connectivity index (χ2n) is 11.5. The zero-order valence-corrected chi connectivity index (χ0v) is 28.0. The fourth-order valence-electron chi connectivity index (χ4n) is 5.48. The summed E-state index contributed by atoms with van der Waals surface area (Å²) in [6, 6.07) is 18.9. The first kappa shape index (κ1) is 33.2. The van der Waals surface area contributed by atoms with Crippen LogP contribution >= 0.6 is 0 Å². The third kappa shape index (κ3) is 7.81. The SMILES string of the molecule is CCN(CC)C(=O)c1ccc(Oc2nc(Nc3ccc(N4CCN(C)CC4)cc3)ncc2C(=O)Nc2c(C)cccc2C)c(OC)c1. The molecule has 11 heteroatoms. The molecular formula is C36H43N7O4. The predicted molar refractivity (Wildman–Crippen MR) is 186 cm³/mol. The number of benzene rings is 3. The molecule has 0 atom stereocenters. The number of nitrogens with zero attached hydrogens (tertiary/aromatic N) is 5. The third-order valence-corrected chi connectivity index (χ3v) is 8.38. The fourth-order valence-corrected chi connectivity index (χ4v) is 5.48. The van der Waals surface area contributed by atoms with Crippen LogP contribution in [-0.2, 0) is 0 Å². The summed E-state index contributed by atoms with van der Waals surface area (Å²) in [4.78, 5) is 42.2. The van der Waals surface area contributed by atoms with Crippen molar-refractivity contribution in [3.05, 3.63) is 89.1 Å². The second-order valence-corrected chi connectivity index (χ2v) is 11.5. The van der Waals surface area contributed by atoms with Crippen LogP contribution in [0.15, 0.2) is 66.9 Å². The van der Waals surface area contributed by atoms with Gasteiger partial charge in [0.25, 0.3) is 11.8 Å². The molecule has 1 saturated heterocycles. The number of carbonyl (C=O) groups is 2. The van der Waals surface area contributed by atoms with Gasteiger partial charge in [-0.25, -0.2) is 4.98 Å². The van der Waals surface area contributed by atoms with Crippen molar-refractivity contribution in [2.24, 2.45) is 0 Å². The molecule has 1 fully saturated rings. The number of aryl methyl sites for hydroxylation is 2. The van der Waals surface area contributed by atoms with Gasteiger partial charge in [0.05, 0.1) is 7.11 Å². The number of anilines is 4. The average Bonchev–Trinajstić information content (AvgIpc) is 3.08. The maximum Gasteiger partial charge on any atom is 0.262 e. The van der Waals surface area contributed by atoms with Gasteiger partial charge in [0, 0.05) is 68.1 Å². The van der Waals surface area contributed by atoms with Gasteiger partial charge in [-0.3, -0.25) is 9.59 Å². The van der Waals surface area contributed by atoms with E-state index in [1.165, 1.54) is 13.3 Å². The number of hydrogen-bond donors (Lipinski definition) is 2. The summed E-state index contributed by atoms with van der Waals surface area (Å²) in [5.41, 5.74) is 5.11. The van der Waals surface area contributed by atoms with E-state index in [-0.39, 0.29) is 23.3 Å². The van der Waals surface area contributed by atoms with Gasteiger partial charge in [0.1, 0.15) is 5.56 Å². The molecule has 1 aliphatic rings. The van der Waals surface area contributed by atoms with Crippen molar-refractivity contribution in [3.8, 4) is 17.4 Å². The molecule has 0 unspecified atom stereocenters. The number of likely N-dealkylation sites (N-methyl/N-ethyl adjacent to an activating group) is 1. The van der Waals surface area contributed by atoms with Gasteiger partial charge in [0.15, 0.2) is 11.5 Å². The molecule has 0 radical (unpaired) electrons. The Bertz CT molecular complexity index is 1700. The molecule has 2 amide bonds. The van der Waals surface area contributed by atoms with Crippen LogP contribution < -0.4 is 25.0 Å². The fraction of sp³-hybridized carbons (Fsp3) is 0.333. The molecule has 0 bridgehead atoms. The van der Waals surface area contributed by atoms with Crippen LogP contribution in [0, 0.1) is 13.8 Å². The average molecular weight is 638 g/mol. The Balaban J connectivity index is 1.44.